The first-order chi connectivity index (χ1) is 8.22. The zero-order valence-corrected chi connectivity index (χ0v) is 11.9. The highest BCUT2D eigenvalue weighted by atomic mass is 35.5. The van der Waals surface area contributed by atoms with Crippen LogP contribution in [0.4, 0.5) is 5.82 Å². The zero-order chi connectivity index (χ0) is 13.9. The molecule has 0 unspecified atom stereocenters. The van der Waals surface area contributed by atoms with Gasteiger partial charge in [0.25, 0.3) is 0 Å². The molecule has 4 nitrogen and oxygen atoms in total. The molecule has 0 amide bonds. The van der Waals surface area contributed by atoms with E-state index in [4.69, 9.17) is 16.7 Å². The molecule has 0 aliphatic carbocycles. The minimum atomic E-state index is -1.01. The molecule has 0 saturated carbocycles. The van der Waals surface area contributed by atoms with Crippen molar-refractivity contribution in [2.24, 2.45) is 11.3 Å². The number of carbonyl (C=O) groups is 1. The molecule has 1 rings (SSSR count). The number of nitrogens with one attached hydrogen (secondary N) is 1. The molecule has 1 heterocycles. The molecule has 0 atom stereocenters. The molecule has 0 aromatic carbocycles. The van der Waals surface area contributed by atoms with Crippen molar-refractivity contribution in [3.63, 3.8) is 0 Å². The predicted molar refractivity (Wildman–Crippen MR) is 73.3 cm³/mol. The Morgan fingerprint density at radius 3 is 2.61 bits per heavy atom. The summed E-state index contributed by atoms with van der Waals surface area (Å²) in [5, 5.41) is 12.3. The summed E-state index contributed by atoms with van der Waals surface area (Å²) in [5.41, 5.74) is 0.229. The van der Waals surface area contributed by atoms with Crippen LogP contribution in [-0.4, -0.2) is 22.6 Å². The van der Waals surface area contributed by atoms with Crippen molar-refractivity contribution in [2.45, 2.75) is 27.7 Å². The van der Waals surface area contributed by atoms with Gasteiger partial charge in [-0.2, -0.15) is 0 Å². The van der Waals surface area contributed by atoms with Gasteiger partial charge in [-0.3, -0.25) is 0 Å². The van der Waals surface area contributed by atoms with Crippen LogP contribution < -0.4 is 5.32 Å². The molecule has 5 heteroatoms. The number of anilines is 1. The summed E-state index contributed by atoms with van der Waals surface area (Å²) < 4.78 is 0. The first-order valence-corrected chi connectivity index (χ1v) is 6.25. The van der Waals surface area contributed by atoms with Gasteiger partial charge in [-0.1, -0.05) is 39.3 Å². The number of rotatable bonds is 5. The molecule has 0 bridgehead atoms. The molecule has 0 aliphatic heterocycles. The molecule has 2 N–H and O–H groups in total. The maximum absolute atomic E-state index is 10.9. The summed E-state index contributed by atoms with van der Waals surface area (Å²) in [5.74, 6) is -0.0118. The van der Waals surface area contributed by atoms with Gasteiger partial charge in [-0.25, -0.2) is 9.78 Å². The van der Waals surface area contributed by atoms with Gasteiger partial charge in [-0.15, -0.1) is 0 Å². The van der Waals surface area contributed by atoms with Crippen LogP contribution in [0.1, 0.15) is 38.1 Å². The molecule has 18 heavy (non-hydrogen) atoms. The SMILES string of the molecule is CC(C)C(C)(C)CNc1cc(C(=O)O)cc(Cl)n1. The molecule has 1 aromatic heterocycles. The van der Waals surface area contributed by atoms with Crippen LogP contribution in [0.3, 0.4) is 0 Å². The van der Waals surface area contributed by atoms with Crippen molar-refractivity contribution in [1.29, 1.82) is 0 Å². The lowest BCUT2D eigenvalue weighted by Crippen LogP contribution is -2.28. The van der Waals surface area contributed by atoms with Crippen molar-refractivity contribution in [3.05, 3.63) is 22.8 Å². The van der Waals surface area contributed by atoms with E-state index in [9.17, 15) is 4.79 Å². The first kappa shape index (κ1) is 14.8. The number of nitrogens with zero attached hydrogens (tertiary/aromatic N) is 1. The van der Waals surface area contributed by atoms with Gasteiger partial charge >= 0.3 is 5.97 Å². The van der Waals surface area contributed by atoms with Crippen LogP contribution in [0.5, 0.6) is 0 Å². The third kappa shape index (κ3) is 3.88. The number of carboxylic acids is 1. The Bertz CT molecular complexity index is 445. The summed E-state index contributed by atoms with van der Waals surface area (Å²) in [6.45, 7) is 9.29. The fourth-order valence-electron chi connectivity index (χ4n) is 1.23. The van der Waals surface area contributed by atoms with Crippen molar-refractivity contribution in [1.82, 2.24) is 4.98 Å². The highest BCUT2D eigenvalue weighted by Crippen LogP contribution is 2.26. The third-order valence-corrected chi connectivity index (χ3v) is 3.52. The molecule has 0 spiro atoms. The van der Waals surface area contributed by atoms with E-state index >= 15 is 0 Å². The number of pyridine rings is 1. The first-order valence-electron chi connectivity index (χ1n) is 5.87. The van der Waals surface area contributed by atoms with Crippen LogP contribution in [0.25, 0.3) is 0 Å². The van der Waals surface area contributed by atoms with Gasteiger partial charge in [0.2, 0.25) is 0 Å². The maximum atomic E-state index is 10.9. The van der Waals surface area contributed by atoms with Crippen LogP contribution in [0.15, 0.2) is 12.1 Å². The van der Waals surface area contributed by atoms with Gasteiger partial charge in [0, 0.05) is 6.54 Å². The Balaban J connectivity index is 2.83. The van der Waals surface area contributed by atoms with Crippen molar-refractivity contribution < 1.29 is 9.90 Å². The van der Waals surface area contributed by atoms with Crippen LogP contribution in [-0.2, 0) is 0 Å². The second-order valence-electron chi connectivity index (χ2n) is 5.37. The summed E-state index contributed by atoms with van der Waals surface area (Å²) in [6.07, 6.45) is 0. The van der Waals surface area contributed by atoms with Gasteiger partial charge in [0.1, 0.15) is 11.0 Å². The molecule has 0 saturated heterocycles. The molecule has 1 aromatic rings. The lowest BCUT2D eigenvalue weighted by atomic mass is 9.81. The van der Waals surface area contributed by atoms with Gasteiger partial charge in [0.15, 0.2) is 0 Å². The van der Waals surface area contributed by atoms with Gasteiger partial charge in [0.05, 0.1) is 5.56 Å². The standard InChI is InChI=1S/C13H19ClN2O2/c1-8(2)13(3,4)7-15-11-6-9(12(17)18)5-10(14)16-11/h5-6,8H,7H2,1-4H3,(H,15,16)(H,17,18). The van der Waals surface area contributed by atoms with E-state index in [1.165, 1.54) is 12.1 Å². The van der Waals surface area contributed by atoms with Crippen molar-refractivity contribution >= 4 is 23.4 Å². The Labute approximate surface area is 112 Å². The predicted octanol–water partition coefficient (Wildman–Crippen LogP) is 3.53. The molecule has 100 valence electrons. The summed E-state index contributed by atoms with van der Waals surface area (Å²) in [6, 6.07) is 2.83. The normalized spacial score (nSPS) is 11.7. The topological polar surface area (TPSA) is 62.2 Å². The molecular weight excluding hydrogens is 252 g/mol. The summed E-state index contributed by atoms with van der Waals surface area (Å²) >= 11 is 5.79. The van der Waals surface area contributed by atoms with Crippen LogP contribution in [0, 0.1) is 11.3 Å². The second kappa shape index (κ2) is 5.57. The largest absolute Gasteiger partial charge is 0.478 e. The lowest BCUT2D eigenvalue weighted by Gasteiger charge is -2.29. The fraction of sp³-hybridized carbons (Fsp3) is 0.538. The van der Waals surface area contributed by atoms with E-state index < -0.39 is 5.97 Å². The van der Waals surface area contributed by atoms with Crippen molar-refractivity contribution in [2.75, 3.05) is 11.9 Å². The number of carboxylic acid groups (broad SMARTS) is 1. The van der Waals surface area contributed by atoms with Crippen LogP contribution in [0.2, 0.25) is 5.15 Å². The van der Waals surface area contributed by atoms with E-state index in [0.29, 0.717) is 18.3 Å². The number of aromatic carboxylic acids is 1. The van der Waals surface area contributed by atoms with Gasteiger partial charge in [-0.05, 0) is 23.5 Å². The highest BCUT2D eigenvalue weighted by Gasteiger charge is 2.22. The molecule has 0 radical (unpaired) electrons. The fourth-order valence-corrected chi connectivity index (χ4v) is 1.44. The molecular formula is C13H19ClN2O2. The minimum absolute atomic E-state index is 0.0907. The van der Waals surface area contributed by atoms with E-state index in [0.717, 1.165) is 0 Å². The number of aromatic nitrogens is 1. The van der Waals surface area contributed by atoms with Crippen LogP contribution >= 0.6 is 11.6 Å². The average molecular weight is 271 g/mol. The highest BCUT2D eigenvalue weighted by molar-refractivity contribution is 6.29. The molecule has 0 aliphatic rings. The van der Waals surface area contributed by atoms with Gasteiger partial charge < -0.3 is 10.4 Å². The van der Waals surface area contributed by atoms with E-state index in [1.807, 2.05) is 0 Å². The quantitative estimate of drug-likeness (QED) is 0.804. The Kier molecular flexibility index (Phi) is 4.57. The monoisotopic (exact) mass is 270 g/mol. The average Bonchev–Trinajstić information content (AvgIpc) is 2.25. The minimum Gasteiger partial charge on any atom is -0.478 e. The number of hydrogen-bond donors (Lipinski definition) is 2. The Morgan fingerprint density at radius 1 is 1.50 bits per heavy atom. The second-order valence-corrected chi connectivity index (χ2v) is 5.75. The Morgan fingerprint density at radius 2 is 2.11 bits per heavy atom. The maximum Gasteiger partial charge on any atom is 0.335 e. The summed E-state index contributed by atoms with van der Waals surface area (Å²) in [7, 11) is 0. The smallest absolute Gasteiger partial charge is 0.335 e. The van der Waals surface area contributed by atoms with Crippen molar-refractivity contribution in [3.8, 4) is 0 Å². The molecule has 0 fully saturated rings. The summed E-state index contributed by atoms with van der Waals surface area (Å²) in [4.78, 5) is 15.0. The Hall–Kier alpha value is -1.29. The van der Waals surface area contributed by atoms with E-state index in [-0.39, 0.29) is 16.1 Å². The number of halogens is 1. The lowest BCUT2D eigenvalue weighted by molar-refractivity contribution is 0.0697. The van der Waals surface area contributed by atoms with E-state index in [2.05, 4.69) is 38.0 Å². The third-order valence-electron chi connectivity index (χ3n) is 3.33. The van der Waals surface area contributed by atoms with E-state index in [1.54, 1.807) is 0 Å². The zero-order valence-electron chi connectivity index (χ0n) is 11.1. The number of hydrogen-bond acceptors (Lipinski definition) is 3.